The van der Waals surface area contributed by atoms with Crippen molar-refractivity contribution in [3.63, 3.8) is 0 Å². The molecule has 1 spiro atoms. The molecule has 0 radical (unpaired) electrons. The Hall–Kier alpha value is -0.640. The maximum atomic E-state index is 13.8. The fourth-order valence-electron chi connectivity index (χ4n) is 3.60. The normalized spacial score (nSPS) is 25.1. The van der Waals surface area contributed by atoms with Gasteiger partial charge in [0.1, 0.15) is 11.6 Å². The van der Waals surface area contributed by atoms with E-state index in [1.807, 2.05) is 0 Å². The summed E-state index contributed by atoms with van der Waals surface area (Å²) in [6.45, 7) is 0. The van der Waals surface area contributed by atoms with Crippen LogP contribution >= 0.6 is 15.9 Å². The van der Waals surface area contributed by atoms with Gasteiger partial charge in [-0.2, -0.15) is 0 Å². The van der Waals surface area contributed by atoms with Gasteiger partial charge in [-0.1, -0.05) is 19.3 Å². The number of benzene rings is 1. The van der Waals surface area contributed by atoms with Gasteiger partial charge >= 0.3 is 0 Å². The van der Waals surface area contributed by atoms with E-state index in [0.29, 0.717) is 21.6 Å². The summed E-state index contributed by atoms with van der Waals surface area (Å²) < 4.78 is 27.3. The Kier molecular flexibility index (Phi) is 3.54. The molecule has 0 aromatic heterocycles. The number of nitrogens with one attached hydrogen (secondary N) is 1. The maximum Gasteiger partial charge on any atom is 0.149 e. The van der Waals surface area contributed by atoms with Crippen molar-refractivity contribution in [2.24, 2.45) is 5.41 Å². The molecule has 19 heavy (non-hydrogen) atoms. The molecule has 2 saturated carbocycles. The average molecular weight is 330 g/mol. The van der Waals surface area contributed by atoms with Gasteiger partial charge in [0.15, 0.2) is 0 Å². The highest BCUT2D eigenvalue weighted by atomic mass is 79.9. The van der Waals surface area contributed by atoms with E-state index >= 15 is 0 Å². The maximum absolute atomic E-state index is 13.8. The monoisotopic (exact) mass is 329 g/mol. The van der Waals surface area contributed by atoms with Crippen molar-refractivity contribution in [1.82, 2.24) is 0 Å². The van der Waals surface area contributed by atoms with E-state index in [1.54, 1.807) is 0 Å². The second-order valence-electron chi connectivity index (χ2n) is 5.90. The Bertz CT molecular complexity index is 483. The van der Waals surface area contributed by atoms with Crippen molar-refractivity contribution in [2.45, 2.75) is 51.0 Å². The van der Waals surface area contributed by atoms with Gasteiger partial charge in [0.2, 0.25) is 0 Å². The van der Waals surface area contributed by atoms with Crippen LogP contribution in [0.4, 0.5) is 14.5 Å². The van der Waals surface area contributed by atoms with Crippen LogP contribution in [0, 0.1) is 17.0 Å². The fourth-order valence-corrected chi connectivity index (χ4v) is 3.94. The molecular formula is C15H18BrF2N. The summed E-state index contributed by atoms with van der Waals surface area (Å²) in [4.78, 5) is 0. The first kappa shape index (κ1) is 13.3. The van der Waals surface area contributed by atoms with Crippen molar-refractivity contribution in [2.75, 3.05) is 5.32 Å². The van der Waals surface area contributed by atoms with Crippen molar-refractivity contribution in [1.29, 1.82) is 0 Å². The van der Waals surface area contributed by atoms with E-state index in [-0.39, 0.29) is 0 Å². The molecule has 2 aliphatic rings. The Balaban J connectivity index is 1.76. The van der Waals surface area contributed by atoms with Crippen molar-refractivity contribution in [3.8, 4) is 0 Å². The summed E-state index contributed by atoms with van der Waals surface area (Å²) in [5.74, 6) is -1.05. The first-order valence-corrected chi connectivity index (χ1v) is 7.81. The molecule has 1 aromatic carbocycles. The van der Waals surface area contributed by atoms with Crippen LogP contribution in [0.5, 0.6) is 0 Å². The summed E-state index contributed by atoms with van der Waals surface area (Å²) >= 11 is 3.12. The zero-order valence-corrected chi connectivity index (χ0v) is 12.4. The second-order valence-corrected chi connectivity index (χ2v) is 6.76. The molecule has 1 atom stereocenters. The molecule has 0 heterocycles. The minimum Gasteiger partial charge on any atom is -0.379 e. The smallest absolute Gasteiger partial charge is 0.149 e. The molecule has 1 nitrogen and oxygen atoms in total. The van der Waals surface area contributed by atoms with Gasteiger partial charge in [0.05, 0.1) is 10.2 Å². The van der Waals surface area contributed by atoms with Crippen molar-refractivity contribution in [3.05, 3.63) is 28.2 Å². The van der Waals surface area contributed by atoms with Gasteiger partial charge in [-0.15, -0.1) is 0 Å². The van der Waals surface area contributed by atoms with Crippen LogP contribution in [-0.2, 0) is 0 Å². The van der Waals surface area contributed by atoms with Crippen LogP contribution in [0.3, 0.4) is 0 Å². The van der Waals surface area contributed by atoms with Crippen LogP contribution in [0.15, 0.2) is 16.6 Å². The minimum atomic E-state index is -0.552. The molecule has 2 fully saturated rings. The highest BCUT2D eigenvalue weighted by Crippen LogP contribution is 2.52. The highest BCUT2D eigenvalue weighted by molar-refractivity contribution is 9.10. The van der Waals surface area contributed by atoms with Crippen LogP contribution in [0.1, 0.15) is 44.9 Å². The van der Waals surface area contributed by atoms with Gasteiger partial charge in [0.25, 0.3) is 0 Å². The van der Waals surface area contributed by atoms with Crippen molar-refractivity contribution >= 4 is 21.6 Å². The van der Waals surface area contributed by atoms with E-state index < -0.39 is 11.6 Å². The molecule has 1 aromatic rings. The van der Waals surface area contributed by atoms with E-state index in [4.69, 9.17) is 0 Å². The lowest BCUT2D eigenvalue weighted by atomic mass is 9.57. The third kappa shape index (κ3) is 2.39. The zero-order chi connectivity index (χ0) is 13.5. The lowest BCUT2D eigenvalue weighted by Gasteiger charge is -2.52. The molecule has 3 rings (SSSR count). The largest absolute Gasteiger partial charge is 0.379 e. The molecule has 0 saturated heterocycles. The molecule has 1 unspecified atom stereocenters. The van der Waals surface area contributed by atoms with Gasteiger partial charge in [-0.3, -0.25) is 0 Å². The zero-order valence-electron chi connectivity index (χ0n) is 10.8. The molecule has 2 aliphatic carbocycles. The molecular weight excluding hydrogens is 312 g/mol. The molecule has 4 heteroatoms. The average Bonchev–Trinajstić information content (AvgIpc) is 2.41. The third-order valence-electron chi connectivity index (χ3n) is 4.86. The highest BCUT2D eigenvalue weighted by Gasteiger charge is 2.46. The number of anilines is 1. The minimum absolute atomic E-state index is 0.313. The lowest BCUT2D eigenvalue weighted by molar-refractivity contribution is 0.0569. The summed E-state index contributed by atoms with van der Waals surface area (Å²) in [5, 5.41) is 3.30. The molecule has 0 bridgehead atoms. The van der Waals surface area contributed by atoms with Crippen LogP contribution < -0.4 is 5.32 Å². The summed E-state index contributed by atoms with van der Waals surface area (Å²) in [6.07, 6.45) is 8.72. The second kappa shape index (κ2) is 5.04. The Morgan fingerprint density at radius 2 is 1.79 bits per heavy atom. The predicted molar refractivity (Wildman–Crippen MR) is 76.2 cm³/mol. The van der Waals surface area contributed by atoms with Gasteiger partial charge < -0.3 is 5.32 Å². The van der Waals surface area contributed by atoms with E-state index in [0.717, 1.165) is 12.5 Å². The van der Waals surface area contributed by atoms with Crippen LogP contribution in [0.2, 0.25) is 0 Å². The third-order valence-corrected chi connectivity index (χ3v) is 5.47. The Morgan fingerprint density at radius 1 is 1.05 bits per heavy atom. The molecule has 104 valence electrons. The topological polar surface area (TPSA) is 12.0 Å². The number of hydrogen-bond donors (Lipinski definition) is 1. The summed E-state index contributed by atoms with van der Waals surface area (Å²) in [7, 11) is 0. The van der Waals surface area contributed by atoms with Crippen LogP contribution in [0.25, 0.3) is 0 Å². The lowest BCUT2D eigenvalue weighted by Crippen LogP contribution is -2.50. The van der Waals surface area contributed by atoms with E-state index in [1.165, 1.54) is 44.6 Å². The first-order valence-electron chi connectivity index (χ1n) is 7.02. The first-order chi connectivity index (χ1) is 9.11. The molecule has 1 N–H and O–H groups in total. The van der Waals surface area contributed by atoms with Gasteiger partial charge in [-0.05, 0) is 53.1 Å². The van der Waals surface area contributed by atoms with Crippen molar-refractivity contribution < 1.29 is 8.78 Å². The standard InChI is InChI=1S/C15H18BrF2N/c16-10-8-13(12(18)9-11(10)17)19-14-4-7-15(14)5-2-1-3-6-15/h8-9,14,19H,1-7H2. The quantitative estimate of drug-likeness (QED) is 0.730. The fraction of sp³-hybridized carbons (Fsp3) is 0.600. The molecule has 0 amide bonds. The van der Waals surface area contributed by atoms with Crippen LogP contribution in [-0.4, -0.2) is 6.04 Å². The Labute approximate surface area is 120 Å². The van der Waals surface area contributed by atoms with E-state index in [9.17, 15) is 8.78 Å². The molecule has 0 aliphatic heterocycles. The number of halogens is 3. The van der Waals surface area contributed by atoms with E-state index in [2.05, 4.69) is 21.2 Å². The number of hydrogen-bond acceptors (Lipinski definition) is 1. The van der Waals surface area contributed by atoms with Gasteiger partial charge in [0, 0.05) is 12.1 Å². The SMILES string of the molecule is Fc1cc(F)c(NC2CCC23CCCCC3)cc1Br. The summed E-state index contributed by atoms with van der Waals surface area (Å²) in [5.41, 5.74) is 0.786. The Morgan fingerprint density at radius 3 is 2.42 bits per heavy atom. The number of rotatable bonds is 2. The predicted octanol–water partition coefficient (Wildman–Crippen LogP) is 5.25. The van der Waals surface area contributed by atoms with Gasteiger partial charge in [-0.25, -0.2) is 8.78 Å². The summed E-state index contributed by atoms with van der Waals surface area (Å²) in [6, 6.07) is 2.80.